The van der Waals surface area contributed by atoms with Crippen molar-refractivity contribution in [3.05, 3.63) is 34.9 Å². The number of nitrogens with one attached hydrogen (secondary N) is 1. The lowest BCUT2D eigenvalue weighted by Gasteiger charge is -2.10. The van der Waals surface area contributed by atoms with Crippen LogP contribution in [0.2, 0.25) is 5.02 Å². The predicted octanol–water partition coefficient (Wildman–Crippen LogP) is 2.74. The van der Waals surface area contributed by atoms with Crippen LogP contribution in [0.1, 0.15) is 0 Å². The molecule has 2 aromatic rings. The zero-order chi connectivity index (χ0) is 14.0. The van der Waals surface area contributed by atoms with Gasteiger partial charge < -0.3 is 15.8 Å². The van der Waals surface area contributed by atoms with Crippen LogP contribution in [0.15, 0.2) is 18.2 Å². The summed E-state index contributed by atoms with van der Waals surface area (Å²) in [6.07, 6.45) is 0. The molecule has 0 aliphatic rings. The Morgan fingerprint density at radius 2 is 2.00 bits per heavy atom. The summed E-state index contributed by atoms with van der Waals surface area (Å²) in [6.45, 7) is 0. The van der Waals surface area contributed by atoms with Gasteiger partial charge in [0.1, 0.15) is 11.6 Å². The van der Waals surface area contributed by atoms with Gasteiger partial charge in [0, 0.05) is 12.1 Å². The second-order valence-corrected chi connectivity index (χ2v) is 3.93. The fourth-order valence-corrected chi connectivity index (χ4v) is 1.64. The van der Waals surface area contributed by atoms with Crippen LogP contribution in [0, 0.1) is 11.6 Å². The molecule has 0 amide bonds. The van der Waals surface area contributed by atoms with E-state index in [1.807, 2.05) is 0 Å². The van der Waals surface area contributed by atoms with Gasteiger partial charge in [-0.2, -0.15) is 9.97 Å². The average Bonchev–Trinajstić information content (AvgIpc) is 2.33. The van der Waals surface area contributed by atoms with Crippen molar-refractivity contribution < 1.29 is 13.5 Å². The topological polar surface area (TPSA) is 73.1 Å². The van der Waals surface area contributed by atoms with Crippen LogP contribution >= 0.6 is 11.6 Å². The summed E-state index contributed by atoms with van der Waals surface area (Å²) in [7, 11) is 1.40. The Balaban J connectivity index is 2.39. The fraction of sp³-hybridized carbons (Fsp3) is 0.0909. The van der Waals surface area contributed by atoms with E-state index in [2.05, 4.69) is 15.3 Å². The first-order valence-electron chi connectivity index (χ1n) is 5.09. The molecule has 0 aliphatic heterocycles. The Bertz CT molecular complexity index is 601. The molecule has 0 bridgehead atoms. The standard InChI is InChI=1S/C11H9ClF2N4O/c1-19-9-4-8(17-11(15)18-9)16-10-6(12)2-5(13)3-7(10)14/h2-4H,1H3,(H3,15,16,17,18). The van der Waals surface area contributed by atoms with Gasteiger partial charge in [0.25, 0.3) is 0 Å². The number of methoxy groups -OCH3 is 1. The number of nitrogen functional groups attached to an aromatic ring is 1. The van der Waals surface area contributed by atoms with E-state index in [-0.39, 0.29) is 28.4 Å². The molecule has 2 rings (SSSR count). The molecule has 3 N–H and O–H groups in total. The molecule has 0 unspecified atom stereocenters. The Morgan fingerprint density at radius 1 is 1.26 bits per heavy atom. The van der Waals surface area contributed by atoms with Crippen molar-refractivity contribution in [2.24, 2.45) is 0 Å². The highest BCUT2D eigenvalue weighted by atomic mass is 35.5. The van der Waals surface area contributed by atoms with E-state index in [1.165, 1.54) is 13.2 Å². The maximum absolute atomic E-state index is 13.6. The van der Waals surface area contributed by atoms with Gasteiger partial charge in [-0.3, -0.25) is 0 Å². The third kappa shape index (κ3) is 3.00. The van der Waals surface area contributed by atoms with E-state index in [1.54, 1.807) is 0 Å². The molecule has 8 heteroatoms. The molecule has 1 aromatic heterocycles. The van der Waals surface area contributed by atoms with Gasteiger partial charge in [0.05, 0.1) is 17.8 Å². The molecule has 0 aliphatic carbocycles. The number of hydrogen-bond acceptors (Lipinski definition) is 5. The molecule has 0 saturated carbocycles. The van der Waals surface area contributed by atoms with Crippen LogP contribution in [0.4, 0.5) is 26.2 Å². The summed E-state index contributed by atoms with van der Waals surface area (Å²) in [5.41, 5.74) is 5.35. The summed E-state index contributed by atoms with van der Waals surface area (Å²) in [5, 5.41) is 2.48. The van der Waals surface area contributed by atoms with E-state index in [0.29, 0.717) is 6.07 Å². The fourth-order valence-electron chi connectivity index (χ4n) is 1.40. The van der Waals surface area contributed by atoms with Gasteiger partial charge in [0.2, 0.25) is 11.8 Å². The van der Waals surface area contributed by atoms with E-state index in [0.717, 1.165) is 6.07 Å². The lowest BCUT2D eigenvalue weighted by molar-refractivity contribution is 0.398. The summed E-state index contributed by atoms with van der Waals surface area (Å²) >= 11 is 5.75. The van der Waals surface area contributed by atoms with Gasteiger partial charge in [-0.05, 0) is 6.07 Å². The van der Waals surface area contributed by atoms with E-state index >= 15 is 0 Å². The van der Waals surface area contributed by atoms with Crippen molar-refractivity contribution >= 4 is 29.1 Å². The second kappa shape index (κ2) is 5.23. The second-order valence-electron chi connectivity index (χ2n) is 3.52. The van der Waals surface area contributed by atoms with Gasteiger partial charge in [0.15, 0.2) is 5.82 Å². The summed E-state index contributed by atoms with van der Waals surface area (Å²) in [4.78, 5) is 7.61. The zero-order valence-electron chi connectivity index (χ0n) is 9.75. The molecule has 19 heavy (non-hydrogen) atoms. The van der Waals surface area contributed by atoms with Gasteiger partial charge in [-0.25, -0.2) is 8.78 Å². The number of aromatic nitrogens is 2. The third-order valence-electron chi connectivity index (χ3n) is 2.19. The smallest absolute Gasteiger partial charge is 0.225 e. The van der Waals surface area contributed by atoms with Crippen LogP contribution in [-0.2, 0) is 0 Å². The Morgan fingerprint density at radius 3 is 2.63 bits per heavy atom. The van der Waals surface area contributed by atoms with Crippen LogP contribution in [-0.4, -0.2) is 17.1 Å². The first kappa shape index (κ1) is 13.3. The first-order valence-corrected chi connectivity index (χ1v) is 5.47. The Hall–Kier alpha value is -2.15. The molecule has 5 nitrogen and oxygen atoms in total. The molecule has 0 radical (unpaired) electrons. The van der Waals surface area contributed by atoms with E-state index in [9.17, 15) is 8.78 Å². The van der Waals surface area contributed by atoms with Crippen molar-refractivity contribution in [1.29, 1.82) is 0 Å². The third-order valence-corrected chi connectivity index (χ3v) is 2.49. The van der Waals surface area contributed by atoms with Crippen molar-refractivity contribution in [1.82, 2.24) is 9.97 Å². The molecule has 0 atom stereocenters. The molecular weight excluding hydrogens is 278 g/mol. The maximum Gasteiger partial charge on any atom is 0.225 e. The van der Waals surface area contributed by atoms with Gasteiger partial charge in [-0.1, -0.05) is 11.6 Å². The van der Waals surface area contributed by atoms with E-state index < -0.39 is 11.6 Å². The summed E-state index contributed by atoms with van der Waals surface area (Å²) in [5.74, 6) is -1.29. The highest BCUT2D eigenvalue weighted by Gasteiger charge is 2.12. The summed E-state index contributed by atoms with van der Waals surface area (Å²) < 4.78 is 31.4. The number of nitrogens with two attached hydrogens (primary N) is 1. The highest BCUT2D eigenvalue weighted by Crippen LogP contribution is 2.29. The molecule has 1 aromatic carbocycles. The van der Waals surface area contributed by atoms with Crippen LogP contribution < -0.4 is 15.8 Å². The maximum atomic E-state index is 13.6. The lowest BCUT2D eigenvalue weighted by Crippen LogP contribution is -2.03. The van der Waals surface area contributed by atoms with Gasteiger partial charge in [-0.15, -0.1) is 0 Å². The molecule has 0 saturated heterocycles. The number of benzene rings is 1. The lowest BCUT2D eigenvalue weighted by atomic mass is 10.3. The monoisotopic (exact) mass is 286 g/mol. The van der Waals surface area contributed by atoms with Crippen molar-refractivity contribution in [2.75, 3.05) is 18.2 Å². The zero-order valence-corrected chi connectivity index (χ0v) is 10.5. The number of rotatable bonds is 3. The first-order chi connectivity index (χ1) is 8.99. The normalized spacial score (nSPS) is 10.3. The minimum Gasteiger partial charge on any atom is -0.481 e. The minimum atomic E-state index is -0.846. The Kier molecular flexibility index (Phi) is 3.66. The average molecular weight is 287 g/mol. The molecular formula is C11H9ClF2N4O. The largest absolute Gasteiger partial charge is 0.481 e. The van der Waals surface area contributed by atoms with Crippen molar-refractivity contribution in [3.8, 4) is 5.88 Å². The number of nitrogens with zero attached hydrogens (tertiary/aromatic N) is 2. The molecule has 0 fully saturated rings. The predicted molar refractivity (Wildman–Crippen MR) is 67.6 cm³/mol. The Labute approximate surface area is 112 Å². The summed E-state index contributed by atoms with van der Waals surface area (Å²) in [6, 6.07) is 3.08. The minimum absolute atomic E-state index is 0.0551. The van der Waals surface area contributed by atoms with Gasteiger partial charge >= 0.3 is 0 Å². The van der Waals surface area contributed by atoms with Crippen molar-refractivity contribution in [2.45, 2.75) is 0 Å². The molecule has 100 valence electrons. The SMILES string of the molecule is COc1cc(Nc2c(F)cc(F)cc2Cl)nc(N)n1. The quantitative estimate of drug-likeness (QED) is 0.907. The number of halogens is 3. The van der Waals surface area contributed by atoms with Crippen LogP contribution in [0.3, 0.4) is 0 Å². The van der Waals surface area contributed by atoms with Crippen LogP contribution in [0.5, 0.6) is 5.88 Å². The number of anilines is 3. The molecule has 0 spiro atoms. The highest BCUT2D eigenvalue weighted by molar-refractivity contribution is 6.33. The van der Waals surface area contributed by atoms with Crippen molar-refractivity contribution in [3.63, 3.8) is 0 Å². The van der Waals surface area contributed by atoms with Crippen LogP contribution in [0.25, 0.3) is 0 Å². The number of ether oxygens (including phenoxy) is 1. The van der Waals surface area contributed by atoms with E-state index in [4.69, 9.17) is 22.1 Å². The molecule has 1 heterocycles. The number of hydrogen-bond donors (Lipinski definition) is 2.